The molecule has 2 amide bonds. The molecule has 4 rings (SSSR count). The summed E-state index contributed by atoms with van der Waals surface area (Å²) >= 11 is 1.44. The zero-order valence-corrected chi connectivity index (χ0v) is 17.7. The van der Waals surface area contributed by atoms with E-state index in [2.05, 4.69) is 5.32 Å². The van der Waals surface area contributed by atoms with Crippen molar-refractivity contribution < 1.29 is 19.5 Å². The molecule has 3 aliphatic rings. The highest BCUT2D eigenvalue weighted by atomic mass is 32.1. The number of nitrogens with one attached hydrogen (secondary N) is 1. The summed E-state index contributed by atoms with van der Waals surface area (Å²) in [5.41, 5.74) is 9.35. The largest absolute Gasteiger partial charge is 0.481 e. The van der Waals surface area contributed by atoms with E-state index in [1.165, 1.54) is 11.3 Å². The second-order valence-electron chi connectivity index (χ2n) is 8.76. The number of primary amides is 1. The molecule has 1 aromatic rings. The smallest absolute Gasteiger partial charge is 0.307 e. The second-order valence-corrected chi connectivity index (χ2v) is 9.86. The van der Waals surface area contributed by atoms with E-state index >= 15 is 0 Å². The Balaban J connectivity index is 1.67. The third-order valence-electron chi connectivity index (χ3n) is 6.91. The Kier molecular flexibility index (Phi) is 5.27. The lowest BCUT2D eigenvalue weighted by Gasteiger charge is -2.26. The molecule has 7 heteroatoms. The van der Waals surface area contributed by atoms with Crippen LogP contribution in [0.1, 0.15) is 66.8 Å². The first-order chi connectivity index (χ1) is 13.8. The first kappa shape index (κ1) is 20.1. The monoisotopic (exact) mass is 416 g/mol. The predicted octanol–water partition coefficient (Wildman–Crippen LogP) is 3.75. The van der Waals surface area contributed by atoms with Crippen molar-refractivity contribution in [1.29, 1.82) is 0 Å². The van der Waals surface area contributed by atoms with E-state index in [4.69, 9.17) is 5.73 Å². The number of allylic oxidation sites excluding steroid dienone is 2. The van der Waals surface area contributed by atoms with Crippen LogP contribution in [0.3, 0.4) is 0 Å². The zero-order chi connectivity index (χ0) is 20.9. The first-order valence-corrected chi connectivity index (χ1v) is 11.3. The van der Waals surface area contributed by atoms with Crippen LogP contribution in [0.15, 0.2) is 11.1 Å². The first-order valence-electron chi connectivity index (χ1n) is 10.5. The molecule has 6 nitrogen and oxygen atoms in total. The summed E-state index contributed by atoms with van der Waals surface area (Å²) in [7, 11) is 0. The van der Waals surface area contributed by atoms with Gasteiger partial charge in [-0.1, -0.05) is 17.6 Å². The molecule has 0 aliphatic heterocycles. The molecule has 1 aromatic heterocycles. The molecule has 2 fully saturated rings. The van der Waals surface area contributed by atoms with Gasteiger partial charge in [0.15, 0.2) is 0 Å². The fourth-order valence-electron chi connectivity index (χ4n) is 5.89. The van der Waals surface area contributed by atoms with Crippen LogP contribution < -0.4 is 11.1 Å². The Morgan fingerprint density at radius 3 is 2.31 bits per heavy atom. The molecule has 1 heterocycles. The molecular formula is C22H28N2O4S. The van der Waals surface area contributed by atoms with Crippen LogP contribution in [-0.4, -0.2) is 22.9 Å². The van der Waals surface area contributed by atoms with E-state index in [9.17, 15) is 19.5 Å². The number of hydrogen-bond donors (Lipinski definition) is 3. The molecular weight excluding hydrogens is 388 g/mol. The lowest BCUT2D eigenvalue weighted by atomic mass is 9.78. The molecule has 0 aromatic carbocycles. The van der Waals surface area contributed by atoms with Gasteiger partial charge in [0, 0.05) is 4.88 Å². The number of nitrogens with two attached hydrogens (primary N) is 1. The van der Waals surface area contributed by atoms with E-state index in [0.29, 0.717) is 10.6 Å². The summed E-state index contributed by atoms with van der Waals surface area (Å²) in [6.45, 7) is 4.00. The van der Waals surface area contributed by atoms with Crippen LogP contribution in [0.25, 0.3) is 0 Å². The van der Waals surface area contributed by atoms with Crippen LogP contribution in [0, 0.1) is 23.7 Å². The predicted molar refractivity (Wildman–Crippen MR) is 112 cm³/mol. The summed E-state index contributed by atoms with van der Waals surface area (Å²) in [5, 5.41) is 13.3. The number of aliphatic carboxylic acids is 1. The molecule has 0 saturated heterocycles. The van der Waals surface area contributed by atoms with E-state index in [-0.39, 0.29) is 17.7 Å². The molecule has 0 radical (unpaired) electrons. The number of carbonyl (C=O) groups excluding carboxylic acids is 2. The molecule has 0 spiro atoms. The van der Waals surface area contributed by atoms with E-state index in [1.807, 2.05) is 13.8 Å². The number of amides is 2. The van der Waals surface area contributed by atoms with Crippen LogP contribution in [0.4, 0.5) is 5.00 Å². The zero-order valence-electron chi connectivity index (χ0n) is 16.9. The van der Waals surface area contributed by atoms with Crippen molar-refractivity contribution in [2.45, 2.75) is 58.8 Å². The molecule has 156 valence electrons. The minimum atomic E-state index is -0.909. The van der Waals surface area contributed by atoms with E-state index < -0.39 is 23.7 Å². The van der Waals surface area contributed by atoms with Crippen molar-refractivity contribution in [2.75, 3.05) is 5.32 Å². The maximum Gasteiger partial charge on any atom is 0.307 e. The minimum absolute atomic E-state index is 0.0269. The molecule has 3 aliphatic carbocycles. The Morgan fingerprint density at radius 2 is 1.69 bits per heavy atom. The lowest BCUT2D eigenvalue weighted by molar-refractivity contribution is -0.148. The summed E-state index contributed by atoms with van der Waals surface area (Å²) < 4.78 is 0. The van der Waals surface area contributed by atoms with Crippen LogP contribution in [0.2, 0.25) is 0 Å². The number of aryl methyl sites for hydroxylation is 1. The quantitative estimate of drug-likeness (QED) is 0.513. The van der Waals surface area contributed by atoms with Gasteiger partial charge in [-0.15, -0.1) is 11.3 Å². The fourth-order valence-corrected chi connectivity index (χ4v) is 7.19. The molecule has 2 saturated carbocycles. The maximum absolute atomic E-state index is 13.3. The third kappa shape index (κ3) is 3.29. The Bertz CT molecular complexity index is 912. The summed E-state index contributed by atoms with van der Waals surface area (Å²) in [4.78, 5) is 38.6. The highest BCUT2D eigenvalue weighted by Crippen LogP contribution is 2.57. The number of carboxylic acids is 1. The second kappa shape index (κ2) is 7.59. The summed E-state index contributed by atoms with van der Waals surface area (Å²) in [6.07, 6.45) is 6.56. The van der Waals surface area contributed by atoms with Crippen molar-refractivity contribution >= 4 is 34.1 Å². The van der Waals surface area contributed by atoms with Crippen molar-refractivity contribution in [3.63, 3.8) is 0 Å². The number of anilines is 1. The van der Waals surface area contributed by atoms with Crippen molar-refractivity contribution in [1.82, 2.24) is 0 Å². The van der Waals surface area contributed by atoms with Crippen LogP contribution in [-0.2, 0) is 22.4 Å². The minimum Gasteiger partial charge on any atom is -0.481 e. The van der Waals surface area contributed by atoms with Gasteiger partial charge in [0.25, 0.3) is 5.91 Å². The highest BCUT2D eigenvalue weighted by Gasteiger charge is 2.57. The Hall–Kier alpha value is -2.15. The molecule has 4 atom stereocenters. The number of rotatable bonds is 4. The topological polar surface area (TPSA) is 109 Å². The van der Waals surface area contributed by atoms with E-state index in [0.717, 1.165) is 66.5 Å². The fraction of sp³-hybridized carbons (Fsp3) is 0.591. The summed E-state index contributed by atoms with van der Waals surface area (Å²) in [5.74, 6) is -3.11. The lowest BCUT2D eigenvalue weighted by Crippen LogP contribution is -2.38. The maximum atomic E-state index is 13.3. The normalized spacial score (nSPS) is 28.0. The average molecular weight is 417 g/mol. The number of thiophene rings is 1. The molecule has 0 unspecified atom stereocenters. The van der Waals surface area contributed by atoms with Crippen LogP contribution >= 0.6 is 11.3 Å². The third-order valence-corrected chi connectivity index (χ3v) is 8.12. The van der Waals surface area contributed by atoms with Gasteiger partial charge >= 0.3 is 5.97 Å². The standard InChI is InChI=1S/C22H28N2O4S/c1-10(2)15-12-8-9-13(15)17(22(27)28)16(12)20(26)24-21-18(19(23)25)11-6-4-3-5-7-14(11)29-21/h12-13,16-17H,3-9H2,1-2H3,(H2,23,25)(H,24,26)(H,27,28)/t12-,13-,16-,17+/m1/s1. The van der Waals surface area contributed by atoms with Gasteiger partial charge in [0.2, 0.25) is 5.91 Å². The Morgan fingerprint density at radius 1 is 1.03 bits per heavy atom. The van der Waals surface area contributed by atoms with Gasteiger partial charge in [0.1, 0.15) is 5.00 Å². The Labute approximate surface area is 174 Å². The number of carboxylic acid groups (broad SMARTS) is 1. The number of hydrogen-bond acceptors (Lipinski definition) is 4. The van der Waals surface area contributed by atoms with Gasteiger partial charge in [-0.2, -0.15) is 0 Å². The van der Waals surface area contributed by atoms with Crippen molar-refractivity contribution in [3.8, 4) is 0 Å². The van der Waals surface area contributed by atoms with Crippen molar-refractivity contribution in [3.05, 3.63) is 27.2 Å². The van der Waals surface area contributed by atoms with E-state index in [1.54, 1.807) is 0 Å². The van der Waals surface area contributed by atoms with Crippen LogP contribution in [0.5, 0.6) is 0 Å². The van der Waals surface area contributed by atoms with Gasteiger partial charge in [0.05, 0.1) is 17.4 Å². The molecule has 29 heavy (non-hydrogen) atoms. The highest BCUT2D eigenvalue weighted by molar-refractivity contribution is 7.17. The van der Waals surface area contributed by atoms with Gasteiger partial charge < -0.3 is 16.2 Å². The SMILES string of the molecule is CC(C)=C1[C@H]2CC[C@H]1[C@@H](C(=O)Nc1sc3c(c1C(N)=O)CCCCC3)[C@H]2C(=O)O. The number of fused-ring (bicyclic) bond motifs is 3. The number of carbonyl (C=O) groups is 3. The van der Waals surface area contributed by atoms with Gasteiger partial charge in [-0.3, -0.25) is 14.4 Å². The summed E-state index contributed by atoms with van der Waals surface area (Å²) in [6, 6.07) is 0. The molecule has 4 N–H and O–H groups in total. The van der Waals surface area contributed by atoms with Crippen molar-refractivity contribution in [2.24, 2.45) is 29.4 Å². The van der Waals surface area contributed by atoms with Gasteiger partial charge in [-0.25, -0.2) is 0 Å². The molecule has 2 bridgehead atoms. The van der Waals surface area contributed by atoms with Gasteiger partial charge in [-0.05, 0) is 69.8 Å². The average Bonchev–Trinajstić information content (AvgIpc) is 3.26.